The molecule has 4 atom stereocenters. The summed E-state index contributed by atoms with van der Waals surface area (Å²) in [4.78, 5) is 56.8. The van der Waals surface area contributed by atoms with Gasteiger partial charge in [0.1, 0.15) is 17.7 Å². The highest BCUT2D eigenvalue weighted by molar-refractivity contribution is 6.09. The average Bonchev–Trinajstić information content (AvgIpc) is 3.48. The van der Waals surface area contributed by atoms with Crippen LogP contribution in [-0.4, -0.2) is 71.1 Å². The maximum absolute atomic E-state index is 14.2. The molecule has 0 aromatic heterocycles. The van der Waals surface area contributed by atoms with Gasteiger partial charge in [-0.1, -0.05) is 23.8 Å². The molecule has 1 aromatic rings. The first-order valence-corrected chi connectivity index (χ1v) is 12.4. The molecule has 0 aliphatic carbocycles. The standard InChI is InChI=1S/C27H35N3O6/c1-16(2)14-21-27(17-10-7-8-11-18(17)28-24(27)33)15-20(23(32)35-6)30(21)22(31)19-12-9-13-29(19)25(34)36-26(3,4)5/h7-8,10-11,19-21H,1,9,12-15H2,2-6H3,(H,28,33)/t19-,20?,21-,27-/m0/s1. The molecule has 3 aliphatic rings. The van der Waals surface area contributed by atoms with Crippen molar-refractivity contribution in [2.45, 2.75) is 82.5 Å². The van der Waals surface area contributed by atoms with Crippen LogP contribution in [0.1, 0.15) is 58.9 Å². The number of hydrogen-bond donors (Lipinski definition) is 1. The molecule has 9 heteroatoms. The van der Waals surface area contributed by atoms with Gasteiger partial charge >= 0.3 is 12.1 Å². The van der Waals surface area contributed by atoms with Crippen molar-refractivity contribution in [1.29, 1.82) is 0 Å². The van der Waals surface area contributed by atoms with Gasteiger partial charge in [-0.3, -0.25) is 14.5 Å². The maximum Gasteiger partial charge on any atom is 0.410 e. The lowest BCUT2D eigenvalue weighted by Gasteiger charge is -2.37. The molecule has 3 heterocycles. The minimum atomic E-state index is -1.14. The molecule has 36 heavy (non-hydrogen) atoms. The molecule has 194 valence electrons. The summed E-state index contributed by atoms with van der Waals surface area (Å²) in [6, 6.07) is 4.91. The number of methoxy groups -OCH3 is 1. The number of nitrogens with one attached hydrogen (secondary N) is 1. The lowest BCUT2D eigenvalue weighted by Crippen LogP contribution is -2.56. The molecule has 2 fully saturated rings. The number of carbonyl (C=O) groups is 4. The fraction of sp³-hybridized carbons (Fsp3) is 0.556. The molecular formula is C27H35N3O6. The van der Waals surface area contributed by atoms with E-state index >= 15 is 0 Å². The van der Waals surface area contributed by atoms with Crippen molar-refractivity contribution in [2.75, 3.05) is 19.0 Å². The maximum atomic E-state index is 14.2. The first-order chi connectivity index (χ1) is 16.9. The molecule has 2 saturated heterocycles. The third kappa shape index (κ3) is 4.24. The van der Waals surface area contributed by atoms with Crippen LogP contribution in [0.3, 0.4) is 0 Å². The van der Waals surface area contributed by atoms with E-state index in [1.54, 1.807) is 20.8 Å². The topological polar surface area (TPSA) is 105 Å². The van der Waals surface area contributed by atoms with Crippen molar-refractivity contribution in [2.24, 2.45) is 0 Å². The van der Waals surface area contributed by atoms with Gasteiger partial charge < -0.3 is 19.7 Å². The number of fused-ring (bicyclic) bond motifs is 2. The zero-order valence-electron chi connectivity index (χ0n) is 21.6. The quantitative estimate of drug-likeness (QED) is 0.505. The summed E-state index contributed by atoms with van der Waals surface area (Å²) in [6.45, 7) is 11.6. The second-order valence-corrected chi connectivity index (χ2v) is 11.0. The van der Waals surface area contributed by atoms with Crippen LogP contribution in [0.5, 0.6) is 0 Å². The fourth-order valence-corrected chi connectivity index (χ4v) is 5.84. The number of rotatable bonds is 4. The average molecular weight is 498 g/mol. The van der Waals surface area contributed by atoms with Gasteiger partial charge in [0.25, 0.3) is 0 Å². The van der Waals surface area contributed by atoms with E-state index in [0.717, 1.165) is 11.1 Å². The number of nitrogens with zero attached hydrogens (tertiary/aromatic N) is 2. The summed E-state index contributed by atoms with van der Waals surface area (Å²) < 4.78 is 10.7. The third-order valence-corrected chi connectivity index (χ3v) is 7.25. The van der Waals surface area contributed by atoms with E-state index in [0.29, 0.717) is 31.5 Å². The van der Waals surface area contributed by atoms with Crippen LogP contribution in [-0.2, 0) is 29.3 Å². The van der Waals surface area contributed by atoms with Crippen molar-refractivity contribution in [3.63, 3.8) is 0 Å². The van der Waals surface area contributed by atoms with E-state index in [4.69, 9.17) is 9.47 Å². The Hall–Kier alpha value is -3.36. The molecule has 0 bridgehead atoms. The van der Waals surface area contributed by atoms with Crippen molar-refractivity contribution < 1.29 is 28.7 Å². The van der Waals surface area contributed by atoms with Crippen LogP contribution < -0.4 is 5.32 Å². The molecular weight excluding hydrogens is 462 g/mol. The summed E-state index contributed by atoms with van der Waals surface area (Å²) >= 11 is 0. The van der Waals surface area contributed by atoms with E-state index in [9.17, 15) is 19.2 Å². The zero-order chi connectivity index (χ0) is 26.4. The highest BCUT2D eigenvalue weighted by Crippen LogP contribution is 2.52. The second-order valence-electron chi connectivity index (χ2n) is 11.0. The molecule has 0 radical (unpaired) electrons. The monoisotopic (exact) mass is 497 g/mol. The van der Waals surface area contributed by atoms with Gasteiger partial charge in [-0.25, -0.2) is 9.59 Å². The number of hydrogen-bond acceptors (Lipinski definition) is 6. The van der Waals surface area contributed by atoms with Gasteiger partial charge in [0.05, 0.1) is 18.6 Å². The highest BCUT2D eigenvalue weighted by atomic mass is 16.6. The van der Waals surface area contributed by atoms with Crippen LogP contribution in [0, 0.1) is 0 Å². The first kappa shape index (κ1) is 25.7. The second kappa shape index (κ2) is 9.26. The molecule has 9 nitrogen and oxygen atoms in total. The Morgan fingerprint density at radius 3 is 2.53 bits per heavy atom. The number of carbonyl (C=O) groups excluding carboxylic acids is 4. The molecule has 4 rings (SSSR count). The SMILES string of the molecule is C=C(C)C[C@@H]1N(C(=O)[C@@H]2CCCN2C(=O)OC(C)(C)C)C(C(=O)OC)C[C@@]12C(=O)Nc1ccccc12. The normalized spacial score (nSPS) is 27.1. The summed E-state index contributed by atoms with van der Waals surface area (Å²) in [5, 5.41) is 2.95. The van der Waals surface area contributed by atoms with Gasteiger partial charge in [-0.05, 0) is 65.0 Å². The molecule has 1 spiro atoms. The number of para-hydroxylation sites is 1. The molecule has 1 N–H and O–H groups in total. The Balaban J connectivity index is 1.79. The van der Waals surface area contributed by atoms with Crippen molar-refractivity contribution in [1.82, 2.24) is 9.80 Å². The molecule has 3 aliphatic heterocycles. The van der Waals surface area contributed by atoms with E-state index < -0.39 is 41.2 Å². The first-order valence-electron chi connectivity index (χ1n) is 12.4. The lowest BCUT2D eigenvalue weighted by molar-refractivity contribution is -0.154. The number of benzene rings is 1. The van der Waals surface area contributed by atoms with Gasteiger partial charge in [-0.15, -0.1) is 6.58 Å². The summed E-state index contributed by atoms with van der Waals surface area (Å²) in [5.41, 5.74) is 0.340. The summed E-state index contributed by atoms with van der Waals surface area (Å²) in [7, 11) is 1.27. The Morgan fingerprint density at radius 2 is 1.89 bits per heavy atom. The number of ether oxygens (including phenoxy) is 2. The van der Waals surface area contributed by atoms with Crippen LogP contribution in [0.2, 0.25) is 0 Å². The molecule has 1 aromatic carbocycles. The molecule has 3 amide bonds. The van der Waals surface area contributed by atoms with Gasteiger partial charge in [0, 0.05) is 12.2 Å². The largest absolute Gasteiger partial charge is 0.467 e. The van der Waals surface area contributed by atoms with E-state index in [1.165, 1.54) is 16.9 Å². The van der Waals surface area contributed by atoms with E-state index in [1.807, 2.05) is 31.2 Å². The van der Waals surface area contributed by atoms with Gasteiger partial charge in [-0.2, -0.15) is 0 Å². The Kier molecular flexibility index (Phi) is 6.62. The Bertz CT molecular complexity index is 1110. The van der Waals surface area contributed by atoms with Crippen molar-refractivity contribution >= 4 is 29.6 Å². The van der Waals surface area contributed by atoms with Crippen molar-refractivity contribution in [3.8, 4) is 0 Å². The number of esters is 1. The van der Waals surface area contributed by atoms with Gasteiger partial charge in [0.2, 0.25) is 11.8 Å². The minimum absolute atomic E-state index is 0.0887. The van der Waals surface area contributed by atoms with Crippen molar-refractivity contribution in [3.05, 3.63) is 42.0 Å². The molecule has 1 unspecified atom stereocenters. The van der Waals surface area contributed by atoms with E-state index in [-0.39, 0.29) is 18.2 Å². The van der Waals surface area contributed by atoms with Crippen LogP contribution in [0.25, 0.3) is 0 Å². The smallest absolute Gasteiger partial charge is 0.410 e. The van der Waals surface area contributed by atoms with Gasteiger partial charge in [0.15, 0.2) is 0 Å². The predicted molar refractivity (Wildman–Crippen MR) is 133 cm³/mol. The van der Waals surface area contributed by atoms with E-state index in [2.05, 4.69) is 11.9 Å². The summed E-state index contributed by atoms with van der Waals surface area (Å²) in [6.07, 6.45) is 0.914. The zero-order valence-corrected chi connectivity index (χ0v) is 21.6. The fourth-order valence-electron chi connectivity index (χ4n) is 5.84. The number of likely N-dealkylation sites (tertiary alicyclic amines) is 2. The third-order valence-electron chi connectivity index (χ3n) is 7.25. The lowest BCUT2D eigenvalue weighted by atomic mass is 9.72. The van der Waals surface area contributed by atoms with Crippen LogP contribution >= 0.6 is 0 Å². The minimum Gasteiger partial charge on any atom is -0.467 e. The number of amides is 3. The van der Waals surface area contributed by atoms with Crippen LogP contribution in [0.4, 0.5) is 10.5 Å². The Morgan fingerprint density at radius 1 is 1.19 bits per heavy atom. The number of anilines is 1. The van der Waals surface area contributed by atoms with Crippen LogP contribution in [0.15, 0.2) is 36.4 Å². The summed E-state index contributed by atoms with van der Waals surface area (Å²) in [5.74, 6) is -1.23. The highest BCUT2D eigenvalue weighted by Gasteiger charge is 2.64. The Labute approximate surface area is 211 Å². The predicted octanol–water partition coefficient (Wildman–Crippen LogP) is 3.38. The molecule has 0 saturated carbocycles.